The Morgan fingerprint density at radius 2 is 1.96 bits per heavy atom. The fourth-order valence-corrected chi connectivity index (χ4v) is 2.64. The lowest BCUT2D eigenvalue weighted by atomic mass is 10.2. The van der Waals surface area contributed by atoms with Gasteiger partial charge in [0.15, 0.2) is 6.10 Å². The van der Waals surface area contributed by atoms with E-state index in [2.05, 4.69) is 15.5 Å². The summed E-state index contributed by atoms with van der Waals surface area (Å²) in [4.78, 5) is 16.8. The molecule has 1 aromatic heterocycles. The summed E-state index contributed by atoms with van der Waals surface area (Å²) in [6.07, 6.45) is -0.0495. The van der Waals surface area contributed by atoms with Crippen molar-refractivity contribution >= 4 is 5.91 Å². The van der Waals surface area contributed by atoms with E-state index >= 15 is 0 Å². The van der Waals surface area contributed by atoms with Crippen LogP contribution in [0, 0.1) is 6.92 Å². The van der Waals surface area contributed by atoms with Gasteiger partial charge in [-0.1, -0.05) is 24.2 Å². The predicted molar refractivity (Wildman–Crippen MR) is 104 cm³/mol. The summed E-state index contributed by atoms with van der Waals surface area (Å²) in [5.41, 5.74) is 1.88. The van der Waals surface area contributed by atoms with Crippen molar-refractivity contribution < 1.29 is 18.8 Å². The Hall–Kier alpha value is -3.35. The highest BCUT2D eigenvalue weighted by Crippen LogP contribution is 2.20. The molecule has 7 heteroatoms. The molecule has 1 heterocycles. The number of ether oxygens (including phenoxy) is 2. The first-order chi connectivity index (χ1) is 13.6. The molecule has 3 aromatic rings. The minimum absolute atomic E-state index is 0.135. The van der Waals surface area contributed by atoms with Crippen molar-refractivity contribution in [2.75, 3.05) is 7.11 Å². The summed E-state index contributed by atoms with van der Waals surface area (Å²) in [6, 6.07) is 14.9. The second kappa shape index (κ2) is 9.03. The second-order valence-corrected chi connectivity index (χ2v) is 6.29. The summed E-state index contributed by atoms with van der Waals surface area (Å²) in [5, 5.41) is 6.74. The molecule has 0 aliphatic heterocycles. The zero-order valence-corrected chi connectivity index (χ0v) is 16.1. The minimum atomic E-state index is -0.592. The number of nitrogens with zero attached hydrogens (tertiary/aromatic N) is 2. The Morgan fingerprint density at radius 1 is 1.18 bits per heavy atom. The fourth-order valence-electron chi connectivity index (χ4n) is 2.64. The number of amides is 1. The van der Waals surface area contributed by atoms with E-state index in [1.165, 1.54) is 0 Å². The molecule has 3 rings (SSSR count). The lowest BCUT2D eigenvalue weighted by Crippen LogP contribution is -2.37. The van der Waals surface area contributed by atoms with Crippen LogP contribution in [0.5, 0.6) is 11.5 Å². The molecule has 0 aliphatic carbocycles. The van der Waals surface area contributed by atoms with Crippen molar-refractivity contribution in [3.63, 3.8) is 0 Å². The maximum absolute atomic E-state index is 12.4. The van der Waals surface area contributed by atoms with Crippen LogP contribution in [0.15, 0.2) is 53.1 Å². The highest BCUT2D eigenvalue weighted by Gasteiger charge is 2.19. The van der Waals surface area contributed by atoms with E-state index in [0.29, 0.717) is 23.9 Å². The van der Waals surface area contributed by atoms with Crippen LogP contribution in [0.3, 0.4) is 0 Å². The average Bonchev–Trinajstić information content (AvgIpc) is 3.19. The lowest BCUT2D eigenvalue weighted by Gasteiger charge is -2.17. The number of carbonyl (C=O) groups excluding carboxylic acids is 1. The molecule has 0 saturated carbocycles. The van der Waals surface area contributed by atoms with Crippen LogP contribution in [-0.4, -0.2) is 29.3 Å². The number of nitrogens with one attached hydrogen (secondary N) is 1. The molecule has 0 radical (unpaired) electrons. The third-order valence-electron chi connectivity index (χ3n) is 4.16. The first-order valence-corrected chi connectivity index (χ1v) is 9.07. The molecule has 0 aliphatic rings. The van der Waals surface area contributed by atoms with Crippen LogP contribution in [0.1, 0.15) is 24.8 Å². The van der Waals surface area contributed by atoms with Gasteiger partial charge in [0.25, 0.3) is 5.91 Å². The molecular weight excluding hydrogens is 358 g/mol. The van der Waals surface area contributed by atoms with Crippen molar-refractivity contribution in [1.29, 1.82) is 0 Å². The normalized spacial score (nSPS) is 11.7. The summed E-state index contributed by atoms with van der Waals surface area (Å²) >= 11 is 0. The lowest BCUT2D eigenvalue weighted by molar-refractivity contribution is -0.128. The Morgan fingerprint density at radius 3 is 2.64 bits per heavy atom. The molecule has 146 valence electrons. The standard InChI is InChI=1S/C21H23N3O4/c1-4-18(27-17-7-5-6-14(2)12-17)21(25)22-13-19-23-20(24-28-19)15-8-10-16(26-3)11-9-15/h5-12,18H,4,13H2,1-3H3,(H,22,25). The molecule has 1 unspecified atom stereocenters. The van der Waals surface area contributed by atoms with Gasteiger partial charge in [0.2, 0.25) is 11.7 Å². The van der Waals surface area contributed by atoms with E-state index in [4.69, 9.17) is 14.0 Å². The van der Waals surface area contributed by atoms with Gasteiger partial charge in [0.1, 0.15) is 11.5 Å². The van der Waals surface area contributed by atoms with E-state index < -0.39 is 6.10 Å². The highest BCUT2D eigenvalue weighted by atomic mass is 16.5. The van der Waals surface area contributed by atoms with Gasteiger partial charge in [-0.3, -0.25) is 4.79 Å². The van der Waals surface area contributed by atoms with Crippen LogP contribution in [0.4, 0.5) is 0 Å². The molecule has 0 saturated heterocycles. The Balaban J connectivity index is 1.58. The summed E-state index contributed by atoms with van der Waals surface area (Å²) in [6.45, 7) is 4.01. The molecule has 1 amide bonds. The molecule has 28 heavy (non-hydrogen) atoms. The number of methoxy groups -OCH3 is 1. The Labute approximate surface area is 163 Å². The van der Waals surface area contributed by atoms with Gasteiger partial charge in [0.05, 0.1) is 13.7 Å². The molecule has 2 aromatic carbocycles. The fraction of sp³-hybridized carbons (Fsp3) is 0.286. The second-order valence-electron chi connectivity index (χ2n) is 6.29. The highest BCUT2D eigenvalue weighted by molar-refractivity contribution is 5.81. The van der Waals surface area contributed by atoms with Gasteiger partial charge in [-0.05, 0) is 55.3 Å². The van der Waals surface area contributed by atoms with Gasteiger partial charge in [-0.2, -0.15) is 4.98 Å². The quantitative estimate of drug-likeness (QED) is 0.642. The van der Waals surface area contributed by atoms with Crippen molar-refractivity contribution in [3.05, 3.63) is 60.0 Å². The number of rotatable bonds is 8. The van der Waals surface area contributed by atoms with E-state index in [0.717, 1.165) is 16.9 Å². The predicted octanol–water partition coefficient (Wildman–Crippen LogP) is 3.53. The molecule has 1 N–H and O–H groups in total. The first-order valence-electron chi connectivity index (χ1n) is 9.07. The van der Waals surface area contributed by atoms with Crippen LogP contribution >= 0.6 is 0 Å². The number of aryl methyl sites for hydroxylation is 1. The molecule has 1 atom stereocenters. The van der Waals surface area contributed by atoms with Crippen molar-refractivity contribution in [3.8, 4) is 22.9 Å². The van der Waals surface area contributed by atoms with Gasteiger partial charge in [-0.25, -0.2) is 0 Å². The van der Waals surface area contributed by atoms with Crippen LogP contribution < -0.4 is 14.8 Å². The number of hydrogen-bond donors (Lipinski definition) is 1. The summed E-state index contributed by atoms with van der Waals surface area (Å²) < 4.78 is 16.2. The van der Waals surface area contributed by atoms with Gasteiger partial charge in [-0.15, -0.1) is 0 Å². The Kier molecular flexibility index (Phi) is 6.26. The van der Waals surface area contributed by atoms with Gasteiger partial charge >= 0.3 is 0 Å². The van der Waals surface area contributed by atoms with Gasteiger partial charge < -0.3 is 19.3 Å². The van der Waals surface area contributed by atoms with Gasteiger partial charge in [0, 0.05) is 5.56 Å². The van der Waals surface area contributed by atoms with Crippen LogP contribution in [0.25, 0.3) is 11.4 Å². The zero-order valence-electron chi connectivity index (χ0n) is 16.1. The molecule has 7 nitrogen and oxygen atoms in total. The Bertz CT molecular complexity index is 921. The topological polar surface area (TPSA) is 86.5 Å². The first kappa shape index (κ1) is 19.4. The average molecular weight is 381 g/mol. The maximum atomic E-state index is 12.4. The SMILES string of the molecule is CCC(Oc1cccc(C)c1)C(=O)NCc1nc(-c2ccc(OC)cc2)no1. The van der Waals surface area contributed by atoms with Crippen molar-refractivity contribution in [2.24, 2.45) is 0 Å². The van der Waals surface area contributed by atoms with Crippen LogP contribution in [-0.2, 0) is 11.3 Å². The zero-order chi connectivity index (χ0) is 19.9. The number of benzene rings is 2. The molecular formula is C21H23N3O4. The molecule has 0 bridgehead atoms. The molecule has 0 spiro atoms. The number of aromatic nitrogens is 2. The van der Waals surface area contributed by atoms with Crippen molar-refractivity contribution in [1.82, 2.24) is 15.5 Å². The molecule has 0 fully saturated rings. The monoisotopic (exact) mass is 381 g/mol. The third-order valence-corrected chi connectivity index (χ3v) is 4.16. The smallest absolute Gasteiger partial charge is 0.261 e. The van der Waals surface area contributed by atoms with E-state index in [9.17, 15) is 4.79 Å². The van der Waals surface area contributed by atoms with E-state index in [1.54, 1.807) is 7.11 Å². The number of carbonyl (C=O) groups is 1. The largest absolute Gasteiger partial charge is 0.497 e. The summed E-state index contributed by atoms with van der Waals surface area (Å²) in [5.74, 6) is 1.97. The number of hydrogen-bond acceptors (Lipinski definition) is 6. The minimum Gasteiger partial charge on any atom is -0.497 e. The van der Waals surface area contributed by atoms with Crippen LogP contribution in [0.2, 0.25) is 0 Å². The van der Waals surface area contributed by atoms with E-state index in [1.807, 2.05) is 62.4 Å². The van der Waals surface area contributed by atoms with E-state index in [-0.39, 0.29) is 12.5 Å². The van der Waals surface area contributed by atoms with Crippen molar-refractivity contribution in [2.45, 2.75) is 32.9 Å². The maximum Gasteiger partial charge on any atom is 0.261 e. The summed E-state index contributed by atoms with van der Waals surface area (Å²) in [7, 11) is 1.61. The third kappa shape index (κ3) is 4.88.